The van der Waals surface area contributed by atoms with Crippen molar-refractivity contribution in [2.45, 2.75) is 25.1 Å². The molecule has 0 unspecified atom stereocenters. The van der Waals surface area contributed by atoms with Gasteiger partial charge < -0.3 is 4.90 Å². The molecule has 0 spiro atoms. The Morgan fingerprint density at radius 2 is 1.94 bits per heavy atom. The summed E-state index contributed by atoms with van der Waals surface area (Å²) in [7, 11) is 0. The minimum absolute atomic E-state index is 0. The Hall–Kier alpha value is -0.180. The second-order valence-electron chi connectivity index (χ2n) is 3.77. The quantitative estimate of drug-likeness (QED) is 0.765. The normalized spacial score (nSPS) is 15.8. The van der Waals surface area contributed by atoms with Crippen LogP contribution in [0, 0.1) is 0 Å². The van der Waals surface area contributed by atoms with Crippen molar-refractivity contribution in [3.05, 3.63) is 23.0 Å². The van der Waals surface area contributed by atoms with Crippen LogP contribution < -0.4 is 4.90 Å². The molecule has 90 valence electrons. The van der Waals surface area contributed by atoms with Gasteiger partial charge in [0, 0.05) is 19.3 Å². The zero-order valence-corrected chi connectivity index (χ0v) is 11.3. The second kappa shape index (κ2) is 6.53. The van der Waals surface area contributed by atoms with Gasteiger partial charge >= 0.3 is 0 Å². The number of anilines is 1. The highest BCUT2D eigenvalue weighted by atomic mass is 35.5. The molecule has 1 aromatic heterocycles. The highest BCUT2D eigenvalue weighted by molar-refractivity contribution is 6.34. The molecule has 2 rings (SSSR count). The summed E-state index contributed by atoms with van der Waals surface area (Å²) in [4.78, 5) is 6.48. The van der Waals surface area contributed by atoms with E-state index < -0.39 is 0 Å². The van der Waals surface area contributed by atoms with Crippen LogP contribution in [0.25, 0.3) is 0 Å². The third kappa shape index (κ3) is 2.93. The average molecular weight is 282 g/mol. The average Bonchev–Trinajstić information content (AvgIpc) is 2.30. The van der Waals surface area contributed by atoms with Crippen molar-refractivity contribution >= 4 is 41.3 Å². The number of hydrogen-bond donors (Lipinski definition) is 0. The first-order valence-corrected chi connectivity index (χ1v) is 6.18. The van der Waals surface area contributed by atoms with Crippen LogP contribution in [0.2, 0.25) is 5.02 Å². The Balaban J connectivity index is 0.00000128. The number of alkyl halides is 1. The van der Waals surface area contributed by atoms with Gasteiger partial charge in [-0.15, -0.1) is 24.0 Å². The maximum atomic E-state index is 6.25. The van der Waals surface area contributed by atoms with Gasteiger partial charge in [0.2, 0.25) is 0 Å². The minimum Gasteiger partial charge on any atom is -0.370 e. The van der Waals surface area contributed by atoms with Gasteiger partial charge in [0.05, 0.1) is 22.3 Å². The van der Waals surface area contributed by atoms with Gasteiger partial charge in [-0.05, 0) is 25.3 Å². The van der Waals surface area contributed by atoms with E-state index in [1.54, 1.807) is 6.20 Å². The SMILES string of the molecule is Cl.ClCc1nccc(N2CCCCC2)c1Cl. The van der Waals surface area contributed by atoms with E-state index in [0.717, 1.165) is 29.5 Å². The van der Waals surface area contributed by atoms with E-state index in [4.69, 9.17) is 23.2 Å². The molecular weight excluding hydrogens is 266 g/mol. The maximum Gasteiger partial charge on any atom is 0.0867 e. The van der Waals surface area contributed by atoms with Gasteiger partial charge in [-0.25, -0.2) is 0 Å². The number of aromatic nitrogens is 1. The lowest BCUT2D eigenvalue weighted by Crippen LogP contribution is -2.29. The number of hydrogen-bond acceptors (Lipinski definition) is 2. The molecule has 1 aromatic rings. The zero-order valence-electron chi connectivity index (χ0n) is 8.96. The number of rotatable bonds is 2. The van der Waals surface area contributed by atoms with E-state index in [9.17, 15) is 0 Å². The molecule has 0 N–H and O–H groups in total. The van der Waals surface area contributed by atoms with E-state index in [1.165, 1.54) is 19.3 Å². The van der Waals surface area contributed by atoms with E-state index >= 15 is 0 Å². The lowest BCUT2D eigenvalue weighted by Gasteiger charge is -2.29. The Kier molecular flexibility index (Phi) is 5.67. The lowest BCUT2D eigenvalue weighted by atomic mass is 10.1. The van der Waals surface area contributed by atoms with Gasteiger partial charge in [-0.2, -0.15) is 0 Å². The molecule has 16 heavy (non-hydrogen) atoms. The van der Waals surface area contributed by atoms with Crippen LogP contribution >= 0.6 is 35.6 Å². The molecule has 0 radical (unpaired) electrons. The summed E-state index contributed by atoms with van der Waals surface area (Å²) in [5.74, 6) is 0.376. The molecule has 0 saturated carbocycles. The molecule has 0 aromatic carbocycles. The first kappa shape index (κ1) is 13.9. The monoisotopic (exact) mass is 280 g/mol. The van der Waals surface area contributed by atoms with Crippen molar-refractivity contribution in [3.8, 4) is 0 Å². The van der Waals surface area contributed by atoms with Gasteiger partial charge in [0.25, 0.3) is 0 Å². The minimum atomic E-state index is 0. The third-order valence-electron chi connectivity index (χ3n) is 2.76. The number of halogens is 3. The summed E-state index contributed by atoms with van der Waals surface area (Å²) in [5.41, 5.74) is 1.86. The van der Waals surface area contributed by atoms with Crippen LogP contribution in [-0.4, -0.2) is 18.1 Å². The Bertz CT molecular complexity index is 338. The summed E-state index contributed by atoms with van der Waals surface area (Å²) < 4.78 is 0. The van der Waals surface area contributed by atoms with Crippen molar-refractivity contribution in [2.24, 2.45) is 0 Å². The van der Waals surface area contributed by atoms with Crippen molar-refractivity contribution in [1.82, 2.24) is 4.98 Å². The Morgan fingerprint density at radius 1 is 1.25 bits per heavy atom. The first-order valence-electron chi connectivity index (χ1n) is 5.27. The molecule has 0 atom stereocenters. The van der Waals surface area contributed by atoms with E-state index in [1.807, 2.05) is 6.07 Å². The van der Waals surface area contributed by atoms with Crippen molar-refractivity contribution in [2.75, 3.05) is 18.0 Å². The van der Waals surface area contributed by atoms with Crippen LogP contribution in [0.5, 0.6) is 0 Å². The lowest BCUT2D eigenvalue weighted by molar-refractivity contribution is 0.577. The summed E-state index contributed by atoms with van der Waals surface area (Å²) in [6, 6.07) is 1.98. The molecule has 1 aliphatic rings. The summed E-state index contributed by atoms with van der Waals surface area (Å²) in [6.07, 6.45) is 5.60. The summed E-state index contributed by atoms with van der Waals surface area (Å²) in [5, 5.41) is 0.717. The molecule has 2 nitrogen and oxygen atoms in total. The summed E-state index contributed by atoms with van der Waals surface area (Å²) >= 11 is 12.0. The largest absolute Gasteiger partial charge is 0.370 e. The highest BCUT2D eigenvalue weighted by Gasteiger charge is 2.15. The molecule has 5 heteroatoms. The molecule has 0 amide bonds. The van der Waals surface area contributed by atoms with Gasteiger partial charge in [0.15, 0.2) is 0 Å². The fourth-order valence-electron chi connectivity index (χ4n) is 1.95. The fourth-order valence-corrected chi connectivity index (χ4v) is 2.52. The van der Waals surface area contributed by atoms with Gasteiger partial charge in [-0.3, -0.25) is 4.98 Å². The molecule has 1 saturated heterocycles. The molecule has 0 aliphatic carbocycles. The van der Waals surface area contributed by atoms with Crippen molar-refractivity contribution in [3.63, 3.8) is 0 Å². The smallest absolute Gasteiger partial charge is 0.0867 e. The van der Waals surface area contributed by atoms with E-state index in [-0.39, 0.29) is 12.4 Å². The Labute approximate surface area is 112 Å². The van der Waals surface area contributed by atoms with Crippen LogP contribution in [0.4, 0.5) is 5.69 Å². The predicted molar refractivity (Wildman–Crippen MR) is 72.1 cm³/mol. The standard InChI is InChI=1S/C11H14Cl2N2.ClH/c12-8-9-11(13)10(4-5-14-9)15-6-2-1-3-7-15;/h4-5H,1-3,6-8H2;1H. The molecule has 0 bridgehead atoms. The van der Waals surface area contributed by atoms with E-state index in [2.05, 4.69) is 9.88 Å². The molecular formula is C11H15Cl3N2. The Morgan fingerprint density at radius 3 is 2.56 bits per heavy atom. The molecule has 2 heterocycles. The van der Waals surface area contributed by atoms with Gasteiger partial charge in [0.1, 0.15) is 0 Å². The first-order chi connectivity index (χ1) is 7.33. The second-order valence-corrected chi connectivity index (χ2v) is 4.42. The van der Waals surface area contributed by atoms with Crippen LogP contribution in [0.1, 0.15) is 25.0 Å². The van der Waals surface area contributed by atoms with Gasteiger partial charge in [-0.1, -0.05) is 11.6 Å². The van der Waals surface area contributed by atoms with E-state index in [0.29, 0.717) is 5.88 Å². The van der Waals surface area contributed by atoms with Crippen LogP contribution in [0.15, 0.2) is 12.3 Å². The number of nitrogens with zero attached hydrogens (tertiary/aromatic N) is 2. The molecule has 1 fully saturated rings. The van der Waals surface area contributed by atoms with Crippen LogP contribution in [-0.2, 0) is 5.88 Å². The third-order valence-corrected chi connectivity index (χ3v) is 3.43. The zero-order chi connectivity index (χ0) is 10.7. The number of piperidine rings is 1. The van der Waals surface area contributed by atoms with Crippen LogP contribution in [0.3, 0.4) is 0 Å². The summed E-state index contributed by atoms with van der Waals surface area (Å²) in [6.45, 7) is 2.18. The van der Waals surface area contributed by atoms with Crippen molar-refractivity contribution in [1.29, 1.82) is 0 Å². The molecule has 1 aliphatic heterocycles. The van der Waals surface area contributed by atoms with Crippen molar-refractivity contribution < 1.29 is 0 Å². The topological polar surface area (TPSA) is 16.1 Å². The fraction of sp³-hybridized carbons (Fsp3) is 0.545. The number of pyridine rings is 1. The maximum absolute atomic E-state index is 6.25. The predicted octanol–water partition coefficient (Wildman–Crippen LogP) is 3.89. The highest BCUT2D eigenvalue weighted by Crippen LogP contribution is 2.30.